The molecule has 0 saturated carbocycles. The summed E-state index contributed by atoms with van der Waals surface area (Å²) >= 11 is 5.77. The number of rotatable bonds is 3. The highest BCUT2D eigenvalue weighted by atomic mass is 35.5. The third-order valence-electron chi connectivity index (χ3n) is 2.30. The Morgan fingerprint density at radius 1 is 1.26 bits per heavy atom. The number of terminal acetylenes is 1. The van der Waals surface area contributed by atoms with Gasteiger partial charge >= 0.3 is 0 Å². The molecule has 0 aliphatic rings. The van der Waals surface area contributed by atoms with Gasteiger partial charge in [-0.1, -0.05) is 23.6 Å². The average Bonchev–Trinajstić information content (AvgIpc) is 2.38. The Morgan fingerprint density at radius 2 is 2.05 bits per heavy atom. The Balaban J connectivity index is 2.37. The van der Waals surface area contributed by atoms with Crippen LogP contribution in [0.4, 0.5) is 5.69 Å². The lowest BCUT2D eigenvalue weighted by Gasteiger charge is -2.09. The summed E-state index contributed by atoms with van der Waals surface area (Å²) in [6.07, 6.45) is 6.68. The zero-order chi connectivity index (χ0) is 13.9. The summed E-state index contributed by atoms with van der Waals surface area (Å²) in [7, 11) is -3.78. The van der Waals surface area contributed by atoms with Gasteiger partial charge in [-0.05, 0) is 30.3 Å². The quantitative estimate of drug-likeness (QED) is 0.698. The first-order valence-corrected chi connectivity index (χ1v) is 7.09. The zero-order valence-electron chi connectivity index (χ0n) is 9.67. The Hall–Kier alpha value is -2.03. The second kappa shape index (κ2) is 5.31. The van der Waals surface area contributed by atoms with E-state index in [1.165, 1.54) is 18.3 Å². The monoisotopic (exact) mass is 292 g/mol. The van der Waals surface area contributed by atoms with Crippen LogP contribution >= 0.6 is 11.6 Å². The molecular formula is C13H9ClN2O2S. The molecule has 96 valence electrons. The Bertz CT molecular complexity index is 751. The van der Waals surface area contributed by atoms with E-state index in [4.69, 9.17) is 18.0 Å². The van der Waals surface area contributed by atoms with Crippen LogP contribution < -0.4 is 4.72 Å². The second-order valence-electron chi connectivity index (χ2n) is 3.62. The summed E-state index contributed by atoms with van der Waals surface area (Å²) in [5, 5.41) is -0.0805. The molecule has 1 N–H and O–H groups in total. The molecule has 0 atom stereocenters. The predicted molar refractivity (Wildman–Crippen MR) is 74.4 cm³/mol. The highest BCUT2D eigenvalue weighted by Crippen LogP contribution is 2.21. The molecule has 0 fully saturated rings. The largest absolute Gasteiger partial charge is 0.279 e. The fraction of sp³-hybridized carbons (Fsp3) is 0. The topological polar surface area (TPSA) is 59.1 Å². The van der Waals surface area contributed by atoms with Crippen molar-refractivity contribution in [3.63, 3.8) is 0 Å². The van der Waals surface area contributed by atoms with Crippen molar-refractivity contribution in [2.75, 3.05) is 4.72 Å². The van der Waals surface area contributed by atoms with E-state index in [-0.39, 0.29) is 10.0 Å². The highest BCUT2D eigenvalue weighted by molar-refractivity contribution is 7.92. The predicted octanol–water partition coefficient (Wildman–Crippen LogP) is 2.52. The van der Waals surface area contributed by atoms with Crippen LogP contribution in [0.2, 0.25) is 5.15 Å². The van der Waals surface area contributed by atoms with Gasteiger partial charge in [0.15, 0.2) is 0 Å². The molecule has 0 amide bonds. The van der Waals surface area contributed by atoms with Gasteiger partial charge in [0.25, 0.3) is 10.0 Å². The number of halogens is 1. The van der Waals surface area contributed by atoms with Crippen LogP contribution in [0, 0.1) is 12.3 Å². The number of anilines is 1. The van der Waals surface area contributed by atoms with Crippen LogP contribution in [0.25, 0.3) is 0 Å². The first kappa shape index (κ1) is 13.4. The van der Waals surface area contributed by atoms with Crippen LogP contribution in [-0.4, -0.2) is 13.4 Å². The zero-order valence-corrected chi connectivity index (χ0v) is 11.2. The van der Waals surface area contributed by atoms with Crippen molar-refractivity contribution in [2.24, 2.45) is 0 Å². The van der Waals surface area contributed by atoms with E-state index in [2.05, 4.69) is 15.6 Å². The van der Waals surface area contributed by atoms with Gasteiger partial charge in [0.05, 0.1) is 5.69 Å². The van der Waals surface area contributed by atoms with E-state index in [0.717, 1.165) is 0 Å². The van der Waals surface area contributed by atoms with Crippen LogP contribution in [-0.2, 0) is 10.0 Å². The number of benzene rings is 1. The molecule has 0 bridgehead atoms. The maximum absolute atomic E-state index is 12.1. The summed E-state index contributed by atoms with van der Waals surface area (Å²) in [5.74, 6) is 2.43. The van der Waals surface area contributed by atoms with E-state index in [0.29, 0.717) is 11.3 Å². The number of hydrogen-bond donors (Lipinski definition) is 1. The molecule has 0 unspecified atom stereocenters. The van der Waals surface area contributed by atoms with Gasteiger partial charge in [0, 0.05) is 11.8 Å². The van der Waals surface area contributed by atoms with Crippen molar-refractivity contribution in [1.82, 2.24) is 4.98 Å². The minimum atomic E-state index is -3.78. The minimum Gasteiger partial charge on any atom is -0.279 e. The Kier molecular flexibility index (Phi) is 3.74. The third-order valence-corrected chi connectivity index (χ3v) is 4.12. The van der Waals surface area contributed by atoms with Gasteiger partial charge in [-0.2, -0.15) is 0 Å². The Labute approximate surface area is 116 Å². The van der Waals surface area contributed by atoms with E-state index in [1.807, 2.05) is 0 Å². The lowest BCUT2D eigenvalue weighted by molar-refractivity contribution is 0.601. The molecule has 2 rings (SSSR count). The van der Waals surface area contributed by atoms with Crippen LogP contribution in [0.5, 0.6) is 0 Å². The maximum Gasteiger partial charge on any atom is 0.264 e. The summed E-state index contributed by atoms with van der Waals surface area (Å²) in [5.41, 5.74) is 0.952. The molecule has 0 radical (unpaired) electrons. The van der Waals surface area contributed by atoms with E-state index in [1.54, 1.807) is 24.3 Å². The summed E-state index contributed by atoms with van der Waals surface area (Å²) < 4.78 is 26.7. The summed E-state index contributed by atoms with van der Waals surface area (Å²) in [6, 6.07) is 9.40. The number of pyridine rings is 1. The van der Waals surface area contributed by atoms with Crippen molar-refractivity contribution in [1.29, 1.82) is 0 Å². The van der Waals surface area contributed by atoms with Gasteiger partial charge in [-0.15, -0.1) is 6.42 Å². The molecule has 4 nitrogen and oxygen atoms in total. The van der Waals surface area contributed by atoms with E-state index in [9.17, 15) is 8.42 Å². The first-order valence-electron chi connectivity index (χ1n) is 5.23. The SMILES string of the molecule is C#Cc1cccc(NS(=O)(=O)c2cccnc2Cl)c1. The third kappa shape index (κ3) is 3.05. The molecule has 0 aliphatic heterocycles. The number of sulfonamides is 1. The highest BCUT2D eigenvalue weighted by Gasteiger charge is 2.18. The van der Waals surface area contributed by atoms with Crippen LogP contribution in [0.15, 0.2) is 47.5 Å². The number of nitrogens with one attached hydrogen (secondary N) is 1. The second-order valence-corrected chi connectivity index (χ2v) is 5.63. The fourth-order valence-corrected chi connectivity index (χ4v) is 2.96. The van der Waals surface area contributed by atoms with Gasteiger partial charge in [0.1, 0.15) is 10.0 Å². The van der Waals surface area contributed by atoms with Crippen molar-refractivity contribution in [2.45, 2.75) is 4.90 Å². The van der Waals surface area contributed by atoms with Crippen molar-refractivity contribution in [3.8, 4) is 12.3 Å². The van der Waals surface area contributed by atoms with Gasteiger partial charge < -0.3 is 0 Å². The molecule has 1 aromatic carbocycles. The smallest absolute Gasteiger partial charge is 0.264 e. The summed E-state index contributed by atoms with van der Waals surface area (Å²) in [6.45, 7) is 0. The van der Waals surface area contributed by atoms with E-state index < -0.39 is 10.0 Å². The first-order chi connectivity index (χ1) is 9.03. The molecule has 1 aromatic heterocycles. The number of aromatic nitrogens is 1. The lowest BCUT2D eigenvalue weighted by Crippen LogP contribution is -2.13. The molecule has 6 heteroatoms. The average molecular weight is 293 g/mol. The summed E-state index contributed by atoms with van der Waals surface area (Å²) in [4.78, 5) is 3.65. The lowest BCUT2D eigenvalue weighted by atomic mass is 10.2. The fourth-order valence-electron chi connectivity index (χ4n) is 1.45. The molecule has 0 aliphatic carbocycles. The Morgan fingerprint density at radius 3 is 2.74 bits per heavy atom. The minimum absolute atomic E-state index is 0.0805. The number of nitrogens with zero attached hydrogens (tertiary/aromatic N) is 1. The van der Waals surface area contributed by atoms with Gasteiger partial charge in [-0.3, -0.25) is 4.72 Å². The molecular weight excluding hydrogens is 284 g/mol. The normalized spacial score (nSPS) is 10.7. The molecule has 0 spiro atoms. The van der Waals surface area contributed by atoms with Crippen molar-refractivity contribution in [3.05, 3.63) is 53.3 Å². The van der Waals surface area contributed by atoms with E-state index >= 15 is 0 Å². The standard InChI is InChI=1S/C13H9ClN2O2S/c1-2-10-5-3-6-11(9-10)16-19(17,18)12-7-4-8-15-13(12)14/h1,3-9,16H. The van der Waals surface area contributed by atoms with Crippen LogP contribution in [0.1, 0.15) is 5.56 Å². The molecule has 2 aromatic rings. The molecule has 19 heavy (non-hydrogen) atoms. The van der Waals surface area contributed by atoms with Gasteiger partial charge in [-0.25, -0.2) is 13.4 Å². The van der Waals surface area contributed by atoms with Crippen molar-refractivity contribution >= 4 is 27.3 Å². The molecule has 0 saturated heterocycles. The van der Waals surface area contributed by atoms with Crippen molar-refractivity contribution < 1.29 is 8.42 Å². The van der Waals surface area contributed by atoms with Gasteiger partial charge in [0.2, 0.25) is 0 Å². The maximum atomic E-state index is 12.1. The number of hydrogen-bond acceptors (Lipinski definition) is 3. The molecule has 1 heterocycles. The van der Waals surface area contributed by atoms with Crippen LogP contribution in [0.3, 0.4) is 0 Å².